The minimum absolute atomic E-state index is 0.694. The summed E-state index contributed by atoms with van der Waals surface area (Å²) in [6.07, 6.45) is 0. The molecule has 294 valence electrons. The fraction of sp³-hybridized carbons (Fsp3) is 0. The molecule has 0 amide bonds. The van der Waals surface area contributed by atoms with Crippen molar-refractivity contribution in [3.63, 3.8) is 0 Å². The number of hydrogen-bond acceptors (Lipinski definition) is 3. The van der Waals surface area contributed by atoms with Crippen LogP contribution in [0.2, 0.25) is 0 Å². The average molecular weight is 805 g/mol. The lowest BCUT2D eigenvalue weighted by molar-refractivity contribution is 0.669. The number of hydrogen-bond donors (Lipinski definition) is 0. The number of furan rings is 1. The van der Waals surface area contributed by atoms with Gasteiger partial charge in [0.2, 0.25) is 0 Å². The van der Waals surface area contributed by atoms with Crippen LogP contribution in [0.25, 0.3) is 122 Å². The smallest absolute Gasteiger partial charge is 0.160 e. The van der Waals surface area contributed by atoms with Gasteiger partial charge in [-0.05, 0) is 102 Å². The average Bonchev–Trinajstić information content (AvgIpc) is 4.02. The fourth-order valence-corrected chi connectivity index (χ4v) is 9.64. The van der Waals surface area contributed by atoms with E-state index >= 15 is 0 Å². The molecule has 13 rings (SSSR count). The molecule has 0 bridgehead atoms. The monoisotopic (exact) mass is 804 g/mol. The van der Waals surface area contributed by atoms with Crippen molar-refractivity contribution in [1.29, 1.82) is 0 Å². The molecule has 13 aromatic rings. The third kappa shape index (κ3) is 5.64. The molecule has 0 N–H and O–H groups in total. The van der Waals surface area contributed by atoms with Crippen molar-refractivity contribution in [3.05, 3.63) is 218 Å². The first-order chi connectivity index (χ1) is 31.2. The third-order valence-electron chi connectivity index (χ3n) is 12.5. The standard InChI is InChI=1S/C58H36N4O/c1-4-14-37(15-5-1)48-36-49(38-16-6-2-7-17-38)60-58(59-48)39-24-28-43(29-25-39)61-50-22-12-10-20-44(50)46-34-40(26-30-51(46)61)41-27-31-52-47(35-41)56-53(62(52)42-18-8-3-9-19-42)32-33-55-57(56)45-21-11-13-23-54(45)63-55/h1-36H. The molecule has 0 saturated carbocycles. The second-order valence-corrected chi connectivity index (χ2v) is 16.2. The predicted molar refractivity (Wildman–Crippen MR) is 260 cm³/mol. The predicted octanol–water partition coefficient (Wildman–Crippen LogP) is 15.2. The quantitative estimate of drug-likeness (QED) is 0.168. The molecule has 4 aromatic heterocycles. The van der Waals surface area contributed by atoms with Gasteiger partial charge in [-0.1, -0.05) is 127 Å². The Morgan fingerprint density at radius 3 is 1.51 bits per heavy atom. The Kier molecular flexibility index (Phi) is 7.84. The molecular weight excluding hydrogens is 769 g/mol. The molecule has 5 nitrogen and oxygen atoms in total. The van der Waals surface area contributed by atoms with E-state index in [0.717, 1.165) is 94.6 Å². The van der Waals surface area contributed by atoms with Crippen LogP contribution in [0.15, 0.2) is 223 Å². The number of benzene rings is 9. The second kappa shape index (κ2) is 14.0. The first kappa shape index (κ1) is 35.2. The number of para-hydroxylation sites is 3. The van der Waals surface area contributed by atoms with E-state index in [2.05, 4.69) is 185 Å². The molecule has 0 fully saturated rings. The minimum atomic E-state index is 0.694. The second-order valence-electron chi connectivity index (χ2n) is 16.2. The minimum Gasteiger partial charge on any atom is -0.456 e. The molecule has 4 heterocycles. The van der Waals surface area contributed by atoms with Gasteiger partial charge in [0.1, 0.15) is 11.2 Å². The van der Waals surface area contributed by atoms with Crippen LogP contribution < -0.4 is 0 Å². The van der Waals surface area contributed by atoms with Crippen LogP contribution in [0.4, 0.5) is 0 Å². The fourth-order valence-electron chi connectivity index (χ4n) is 9.64. The van der Waals surface area contributed by atoms with E-state index in [0.29, 0.717) is 5.82 Å². The van der Waals surface area contributed by atoms with E-state index in [1.165, 1.54) is 21.5 Å². The molecule has 0 aliphatic carbocycles. The van der Waals surface area contributed by atoms with Gasteiger partial charge in [0.25, 0.3) is 0 Å². The maximum absolute atomic E-state index is 6.42. The summed E-state index contributed by atoms with van der Waals surface area (Å²) in [6.45, 7) is 0. The van der Waals surface area contributed by atoms with Gasteiger partial charge < -0.3 is 13.6 Å². The summed E-state index contributed by atoms with van der Waals surface area (Å²) in [5, 5.41) is 7.08. The summed E-state index contributed by atoms with van der Waals surface area (Å²) in [5.74, 6) is 0.694. The van der Waals surface area contributed by atoms with Crippen LogP contribution in [-0.2, 0) is 0 Å². The topological polar surface area (TPSA) is 48.8 Å². The summed E-state index contributed by atoms with van der Waals surface area (Å²) in [4.78, 5) is 10.2. The zero-order chi connectivity index (χ0) is 41.4. The molecule has 0 spiro atoms. The zero-order valence-electron chi connectivity index (χ0n) is 34.0. The molecular formula is C58H36N4O. The van der Waals surface area contributed by atoms with Gasteiger partial charge in [-0.25, -0.2) is 9.97 Å². The highest BCUT2D eigenvalue weighted by Gasteiger charge is 2.20. The molecule has 5 heteroatoms. The van der Waals surface area contributed by atoms with Gasteiger partial charge in [-0.3, -0.25) is 0 Å². The molecule has 0 radical (unpaired) electrons. The molecule has 0 unspecified atom stereocenters. The Hall–Kier alpha value is -8.54. The Morgan fingerprint density at radius 2 is 0.810 bits per heavy atom. The first-order valence-corrected chi connectivity index (χ1v) is 21.3. The molecule has 0 saturated heterocycles. The Balaban J connectivity index is 0.946. The van der Waals surface area contributed by atoms with E-state index in [-0.39, 0.29) is 0 Å². The highest BCUT2D eigenvalue weighted by molar-refractivity contribution is 6.27. The highest BCUT2D eigenvalue weighted by atomic mass is 16.3. The van der Waals surface area contributed by atoms with Crippen molar-refractivity contribution in [2.75, 3.05) is 0 Å². The summed E-state index contributed by atoms with van der Waals surface area (Å²) in [6, 6.07) is 77.2. The van der Waals surface area contributed by atoms with Gasteiger partial charge in [0.15, 0.2) is 5.82 Å². The van der Waals surface area contributed by atoms with Crippen molar-refractivity contribution >= 4 is 65.6 Å². The van der Waals surface area contributed by atoms with Gasteiger partial charge >= 0.3 is 0 Å². The summed E-state index contributed by atoms with van der Waals surface area (Å²) < 4.78 is 11.2. The van der Waals surface area contributed by atoms with Gasteiger partial charge in [0.05, 0.1) is 33.5 Å². The lowest BCUT2D eigenvalue weighted by Crippen LogP contribution is -1.97. The van der Waals surface area contributed by atoms with E-state index in [9.17, 15) is 0 Å². The van der Waals surface area contributed by atoms with Gasteiger partial charge in [0, 0.05) is 60.4 Å². The van der Waals surface area contributed by atoms with Gasteiger partial charge in [-0.2, -0.15) is 0 Å². The van der Waals surface area contributed by atoms with Crippen LogP contribution in [-0.4, -0.2) is 19.1 Å². The van der Waals surface area contributed by atoms with Crippen molar-refractivity contribution in [2.24, 2.45) is 0 Å². The van der Waals surface area contributed by atoms with E-state index in [1.54, 1.807) is 0 Å². The lowest BCUT2D eigenvalue weighted by atomic mass is 9.99. The Bertz CT molecular complexity index is 3820. The maximum atomic E-state index is 6.42. The van der Waals surface area contributed by atoms with Crippen molar-refractivity contribution in [2.45, 2.75) is 0 Å². The summed E-state index contributed by atoms with van der Waals surface area (Å²) in [7, 11) is 0. The molecule has 0 aliphatic rings. The Labute approximate surface area is 362 Å². The maximum Gasteiger partial charge on any atom is 0.160 e. The van der Waals surface area contributed by atoms with Crippen LogP contribution in [0.1, 0.15) is 0 Å². The van der Waals surface area contributed by atoms with Crippen molar-refractivity contribution in [1.82, 2.24) is 19.1 Å². The Morgan fingerprint density at radius 1 is 0.302 bits per heavy atom. The largest absolute Gasteiger partial charge is 0.456 e. The molecule has 0 aliphatic heterocycles. The number of nitrogens with zero attached hydrogens (tertiary/aromatic N) is 4. The number of rotatable bonds is 6. The van der Waals surface area contributed by atoms with Crippen LogP contribution >= 0.6 is 0 Å². The van der Waals surface area contributed by atoms with Crippen molar-refractivity contribution < 1.29 is 4.42 Å². The molecule has 9 aromatic carbocycles. The van der Waals surface area contributed by atoms with Crippen LogP contribution in [0.5, 0.6) is 0 Å². The first-order valence-electron chi connectivity index (χ1n) is 21.3. The van der Waals surface area contributed by atoms with E-state index < -0.39 is 0 Å². The summed E-state index contributed by atoms with van der Waals surface area (Å²) >= 11 is 0. The normalized spacial score (nSPS) is 11.8. The summed E-state index contributed by atoms with van der Waals surface area (Å²) in [5.41, 5.74) is 15.8. The molecule has 0 atom stereocenters. The van der Waals surface area contributed by atoms with Crippen LogP contribution in [0.3, 0.4) is 0 Å². The third-order valence-corrected chi connectivity index (χ3v) is 12.5. The van der Waals surface area contributed by atoms with Gasteiger partial charge in [-0.15, -0.1) is 0 Å². The number of aromatic nitrogens is 4. The lowest BCUT2D eigenvalue weighted by Gasteiger charge is -2.11. The SMILES string of the molecule is c1ccc(-c2cc(-c3ccccc3)nc(-c3ccc(-n4c5ccccc5c5cc(-c6ccc7c(c6)c6c8c(ccc6n7-c6ccccc6)oc6ccccc68)ccc54)cc3)n2)cc1. The highest BCUT2D eigenvalue weighted by Crippen LogP contribution is 2.43. The van der Waals surface area contributed by atoms with E-state index in [4.69, 9.17) is 14.4 Å². The van der Waals surface area contributed by atoms with E-state index in [1.807, 2.05) is 42.5 Å². The van der Waals surface area contributed by atoms with Crippen molar-refractivity contribution in [3.8, 4) is 56.4 Å². The number of fused-ring (bicyclic) bond motifs is 10. The molecule has 63 heavy (non-hydrogen) atoms. The van der Waals surface area contributed by atoms with Crippen LogP contribution in [0, 0.1) is 0 Å². The zero-order valence-corrected chi connectivity index (χ0v) is 34.0.